The van der Waals surface area contributed by atoms with Crippen LogP contribution >= 0.6 is 23.4 Å². The summed E-state index contributed by atoms with van der Waals surface area (Å²) in [6, 6.07) is 13.6. The van der Waals surface area contributed by atoms with Gasteiger partial charge in [-0.15, -0.1) is 10.2 Å². The van der Waals surface area contributed by atoms with Crippen LogP contribution in [0.25, 0.3) is 17.1 Å². The van der Waals surface area contributed by atoms with Gasteiger partial charge in [0.25, 0.3) is 0 Å². The third kappa shape index (κ3) is 4.72. The number of carbonyl (C=O) groups excluding carboxylic acids is 1. The Balaban J connectivity index is 1.94. The zero-order chi connectivity index (χ0) is 19.9. The fourth-order valence-corrected chi connectivity index (χ4v) is 3.61. The van der Waals surface area contributed by atoms with Crippen molar-refractivity contribution in [2.45, 2.75) is 24.9 Å². The van der Waals surface area contributed by atoms with Crippen LogP contribution in [0.1, 0.15) is 19.8 Å². The van der Waals surface area contributed by atoms with Crippen LogP contribution in [0, 0.1) is 5.82 Å². The topological polar surface area (TPSA) is 59.8 Å². The highest BCUT2D eigenvalue weighted by Gasteiger charge is 2.20. The van der Waals surface area contributed by atoms with Crippen molar-refractivity contribution in [3.05, 3.63) is 59.4 Å². The molecule has 1 aromatic heterocycles. The quantitative estimate of drug-likeness (QED) is 0.424. The predicted octanol–water partition coefficient (Wildman–Crippen LogP) is 4.74. The number of hydrogen-bond acceptors (Lipinski definition) is 4. The van der Waals surface area contributed by atoms with E-state index in [9.17, 15) is 9.18 Å². The van der Waals surface area contributed by atoms with E-state index in [0.29, 0.717) is 33.8 Å². The molecular weight excluding hydrogens is 399 g/mol. The van der Waals surface area contributed by atoms with Crippen molar-refractivity contribution in [2.75, 3.05) is 12.3 Å². The number of para-hydroxylation sites is 1. The van der Waals surface area contributed by atoms with Gasteiger partial charge in [-0.05, 0) is 30.7 Å². The fraction of sp³-hybridized carbons (Fsp3) is 0.250. The first kappa shape index (κ1) is 20.4. The van der Waals surface area contributed by atoms with Crippen LogP contribution in [0.2, 0.25) is 5.02 Å². The number of unbranched alkanes of at least 4 members (excludes halogenated alkanes) is 1. The summed E-state index contributed by atoms with van der Waals surface area (Å²) >= 11 is 7.53. The van der Waals surface area contributed by atoms with Gasteiger partial charge in [0.1, 0.15) is 5.82 Å². The van der Waals surface area contributed by atoms with Crippen LogP contribution in [0.5, 0.6) is 0 Å². The van der Waals surface area contributed by atoms with E-state index < -0.39 is 5.82 Å². The molecule has 0 aliphatic heterocycles. The van der Waals surface area contributed by atoms with E-state index in [-0.39, 0.29) is 11.7 Å². The molecule has 0 saturated carbocycles. The van der Waals surface area contributed by atoms with E-state index in [0.717, 1.165) is 12.8 Å². The zero-order valence-corrected chi connectivity index (χ0v) is 16.9. The van der Waals surface area contributed by atoms with Gasteiger partial charge in [-0.25, -0.2) is 4.39 Å². The molecule has 0 radical (unpaired) electrons. The number of rotatable bonds is 8. The van der Waals surface area contributed by atoms with Crippen molar-refractivity contribution in [3.8, 4) is 17.1 Å². The number of amides is 1. The Morgan fingerprint density at radius 2 is 1.93 bits per heavy atom. The molecule has 1 N–H and O–H groups in total. The maximum absolute atomic E-state index is 14.5. The monoisotopic (exact) mass is 418 g/mol. The smallest absolute Gasteiger partial charge is 0.230 e. The van der Waals surface area contributed by atoms with Crippen LogP contribution in [-0.2, 0) is 4.79 Å². The molecule has 3 rings (SSSR count). The molecule has 0 spiro atoms. The Bertz CT molecular complexity index is 963. The minimum absolute atomic E-state index is 0.0965. The molecule has 2 aromatic carbocycles. The van der Waals surface area contributed by atoms with Gasteiger partial charge in [0, 0.05) is 12.1 Å². The Morgan fingerprint density at radius 3 is 2.68 bits per heavy atom. The van der Waals surface area contributed by atoms with Gasteiger partial charge >= 0.3 is 0 Å². The molecule has 3 aromatic rings. The van der Waals surface area contributed by atoms with Gasteiger partial charge in [-0.3, -0.25) is 9.36 Å². The first-order valence-electron chi connectivity index (χ1n) is 8.96. The van der Waals surface area contributed by atoms with Gasteiger partial charge < -0.3 is 5.32 Å². The number of nitrogens with one attached hydrogen (secondary N) is 1. The van der Waals surface area contributed by atoms with Gasteiger partial charge in [0.05, 0.1) is 16.5 Å². The summed E-state index contributed by atoms with van der Waals surface area (Å²) in [7, 11) is 0. The maximum atomic E-state index is 14.5. The number of nitrogens with zero attached hydrogens (tertiary/aromatic N) is 3. The van der Waals surface area contributed by atoms with Crippen molar-refractivity contribution < 1.29 is 9.18 Å². The molecule has 0 aliphatic carbocycles. The number of thioether (sulfide) groups is 1. The van der Waals surface area contributed by atoms with Crippen LogP contribution in [0.4, 0.5) is 4.39 Å². The van der Waals surface area contributed by atoms with Crippen LogP contribution in [0.3, 0.4) is 0 Å². The molecule has 0 atom stereocenters. The molecule has 1 amide bonds. The second kappa shape index (κ2) is 9.71. The molecule has 0 unspecified atom stereocenters. The average molecular weight is 419 g/mol. The second-order valence-corrected chi connectivity index (χ2v) is 7.41. The molecule has 146 valence electrons. The van der Waals surface area contributed by atoms with Crippen LogP contribution in [-0.4, -0.2) is 33.0 Å². The summed E-state index contributed by atoms with van der Waals surface area (Å²) in [4.78, 5) is 12.1. The van der Waals surface area contributed by atoms with Crippen molar-refractivity contribution in [2.24, 2.45) is 0 Å². The minimum atomic E-state index is -0.412. The van der Waals surface area contributed by atoms with Gasteiger partial charge in [-0.2, -0.15) is 0 Å². The molecule has 0 aliphatic rings. The summed E-state index contributed by atoms with van der Waals surface area (Å²) in [6.07, 6.45) is 1.94. The number of halogens is 2. The number of carbonyl (C=O) groups is 1. The highest BCUT2D eigenvalue weighted by molar-refractivity contribution is 7.99. The normalized spacial score (nSPS) is 10.8. The van der Waals surface area contributed by atoms with Gasteiger partial charge in [0.15, 0.2) is 11.0 Å². The van der Waals surface area contributed by atoms with Crippen LogP contribution in [0.15, 0.2) is 53.7 Å². The Morgan fingerprint density at radius 1 is 1.18 bits per heavy atom. The lowest BCUT2D eigenvalue weighted by Gasteiger charge is -2.12. The number of hydrogen-bond donors (Lipinski definition) is 1. The second-order valence-electron chi connectivity index (χ2n) is 6.07. The third-order valence-corrected chi connectivity index (χ3v) is 5.28. The lowest BCUT2D eigenvalue weighted by Crippen LogP contribution is -2.26. The Hall–Kier alpha value is -2.38. The van der Waals surface area contributed by atoms with E-state index in [4.69, 9.17) is 11.6 Å². The van der Waals surface area contributed by atoms with Crippen molar-refractivity contribution in [3.63, 3.8) is 0 Å². The number of benzene rings is 2. The summed E-state index contributed by atoms with van der Waals surface area (Å²) in [5.74, 6) is 0.0778. The Kier molecular flexibility index (Phi) is 7.06. The van der Waals surface area contributed by atoms with E-state index in [2.05, 4.69) is 22.4 Å². The van der Waals surface area contributed by atoms with E-state index in [1.165, 1.54) is 17.8 Å². The third-order valence-electron chi connectivity index (χ3n) is 4.03. The summed E-state index contributed by atoms with van der Waals surface area (Å²) in [6.45, 7) is 2.70. The van der Waals surface area contributed by atoms with E-state index >= 15 is 0 Å². The molecule has 0 bridgehead atoms. The molecule has 5 nitrogen and oxygen atoms in total. The Labute approximate surface area is 172 Å². The van der Waals surface area contributed by atoms with Crippen molar-refractivity contribution in [1.29, 1.82) is 0 Å². The van der Waals surface area contributed by atoms with Crippen molar-refractivity contribution in [1.82, 2.24) is 20.1 Å². The molecule has 28 heavy (non-hydrogen) atoms. The van der Waals surface area contributed by atoms with E-state index in [1.54, 1.807) is 34.9 Å². The lowest BCUT2D eigenvalue weighted by atomic mass is 10.2. The number of aromatic nitrogens is 3. The van der Waals surface area contributed by atoms with Crippen molar-refractivity contribution >= 4 is 29.3 Å². The fourth-order valence-electron chi connectivity index (χ4n) is 2.62. The summed E-state index contributed by atoms with van der Waals surface area (Å²) < 4.78 is 16.1. The first-order chi connectivity index (χ1) is 13.6. The largest absolute Gasteiger partial charge is 0.355 e. The SMILES string of the molecule is CCCCNC(=O)CSc1nnc(-c2ccccc2Cl)n1-c1ccccc1F. The maximum Gasteiger partial charge on any atom is 0.230 e. The highest BCUT2D eigenvalue weighted by atomic mass is 35.5. The predicted molar refractivity (Wildman–Crippen MR) is 110 cm³/mol. The van der Waals surface area contributed by atoms with Gasteiger partial charge in [0.2, 0.25) is 5.91 Å². The summed E-state index contributed by atoms with van der Waals surface area (Å²) in [5.41, 5.74) is 0.940. The first-order valence-corrected chi connectivity index (χ1v) is 10.3. The highest BCUT2D eigenvalue weighted by Crippen LogP contribution is 2.32. The molecular formula is C20H20ClFN4OS. The molecule has 0 fully saturated rings. The zero-order valence-electron chi connectivity index (χ0n) is 15.4. The molecule has 1 heterocycles. The molecule has 8 heteroatoms. The van der Waals surface area contributed by atoms with E-state index in [1.807, 2.05) is 12.1 Å². The lowest BCUT2D eigenvalue weighted by molar-refractivity contribution is -0.118. The minimum Gasteiger partial charge on any atom is -0.355 e. The molecule has 0 saturated heterocycles. The average Bonchev–Trinajstić information content (AvgIpc) is 3.11. The summed E-state index contributed by atoms with van der Waals surface area (Å²) in [5, 5.41) is 12.2. The van der Waals surface area contributed by atoms with Gasteiger partial charge in [-0.1, -0.05) is 61.0 Å². The standard InChI is InChI=1S/C20H20ClFN4OS/c1-2-3-12-23-18(27)13-28-20-25-24-19(14-8-4-5-9-15(14)21)26(20)17-11-7-6-10-16(17)22/h4-11H,2-3,12-13H2,1H3,(H,23,27). The van der Waals surface area contributed by atoms with Crippen LogP contribution < -0.4 is 5.32 Å².